The average Bonchev–Trinajstić information content (AvgIpc) is 2.63. The Balaban J connectivity index is 1.86. The van der Waals surface area contributed by atoms with E-state index in [2.05, 4.69) is 24.1 Å². The predicted octanol–water partition coefficient (Wildman–Crippen LogP) is 3.95. The van der Waals surface area contributed by atoms with Crippen molar-refractivity contribution in [3.8, 4) is 11.5 Å². The molecule has 0 aliphatic rings. The second-order valence-corrected chi connectivity index (χ2v) is 5.46. The molecule has 5 nitrogen and oxygen atoms in total. The Hall–Kier alpha value is -2.69. The molecule has 0 unspecified atom stereocenters. The predicted molar refractivity (Wildman–Crippen MR) is 102 cm³/mol. The third-order valence-electron chi connectivity index (χ3n) is 3.77. The third-order valence-corrected chi connectivity index (χ3v) is 3.77. The average molecular weight is 342 g/mol. The molecule has 0 saturated heterocycles. The highest BCUT2D eigenvalue weighted by Crippen LogP contribution is 2.20. The van der Waals surface area contributed by atoms with Gasteiger partial charge in [0, 0.05) is 30.5 Å². The van der Waals surface area contributed by atoms with E-state index in [1.54, 1.807) is 12.1 Å². The van der Waals surface area contributed by atoms with E-state index in [-0.39, 0.29) is 12.5 Å². The summed E-state index contributed by atoms with van der Waals surface area (Å²) >= 11 is 0. The van der Waals surface area contributed by atoms with Crippen LogP contribution >= 0.6 is 0 Å². The largest absolute Gasteiger partial charge is 0.494 e. The highest BCUT2D eigenvalue weighted by Gasteiger charge is 2.06. The summed E-state index contributed by atoms with van der Waals surface area (Å²) in [6, 6.07) is 15.1. The maximum Gasteiger partial charge on any atom is 0.262 e. The number of amides is 1. The molecular formula is C20H26N2O3. The van der Waals surface area contributed by atoms with Crippen LogP contribution in [0, 0.1) is 0 Å². The summed E-state index contributed by atoms with van der Waals surface area (Å²) < 4.78 is 10.9. The quantitative estimate of drug-likeness (QED) is 0.750. The lowest BCUT2D eigenvalue weighted by Crippen LogP contribution is -2.22. The second kappa shape index (κ2) is 9.57. The molecular weight excluding hydrogens is 316 g/mol. The zero-order valence-electron chi connectivity index (χ0n) is 15.1. The number of carbonyl (C=O) groups excluding carboxylic acids is 1. The third kappa shape index (κ3) is 5.71. The molecule has 0 heterocycles. The highest BCUT2D eigenvalue weighted by molar-refractivity contribution is 5.92. The van der Waals surface area contributed by atoms with Crippen LogP contribution in [0.4, 0.5) is 11.4 Å². The zero-order valence-corrected chi connectivity index (χ0v) is 15.1. The summed E-state index contributed by atoms with van der Waals surface area (Å²) in [4.78, 5) is 14.3. The van der Waals surface area contributed by atoms with E-state index in [4.69, 9.17) is 9.47 Å². The maximum atomic E-state index is 12.0. The zero-order chi connectivity index (χ0) is 18.1. The van der Waals surface area contributed by atoms with Gasteiger partial charge in [-0.25, -0.2) is 0 Å². The van der Waals surface area contributed by atoms with Crippen LogP contribution in [-0.4, -0.2) is 32.2 Å². The Morgan fingerprint density at radius 3 is 2.20 bits per heavy atom. The Labute approximate surface area is 149 Å². The van der Waals surface area contributed by atoms with Gasteiger partial charge in [0.25, 0.3) is 5.91 Å². The van der Waals surface area contributed by atoms with Crippen LogP contribution in [0.15, 0.2) is 48.5 Å². The van der Waals surface area contributed by atoms with Gasteiger partial charge in [-0.1, -0.05) is 6.07 Å². The van der Waals surface area contributed by atoms with Gasteiger partial charge in [0.1, 0.15) is 11.5 Å². The van der Waals surface area contributed by atoms with Crippen molar-refractivity contribution in [2.75, 3.05) is 36.5 Å². The molecule has 0 atom stereocenters. The molecule has 1 N–H and O–H groups in total. The van der Waals surface area contributed by atoms with Crippen molar-refractivity contribution in [1.29, 1.82) is 0 Å². The van der Waals surface area contributed by atoms with Crippen LogP contribution in [-0.2, 0) is 4.79 Å². The minimum absolute atomic E-state index is 0.0482. The van der Waals surface area contributed by atoms with Gasteiger partial charge in [-0.2, -0.15) is 0 Å². The molecule has 2 rings (SSSR count). The van der Waals surface area contributed by atoms with Crippen LogP contribution < -0.4 is 19.7 Å². The molecule has 0 fully saturated rings. The summed E-state index contributed by atoms with van der Waals surface area (Å²) in [5.74, 6) is 1.14. The number of rotatable bonds is 9. The van der Waals surface area contributed by atoms with Gasteiger partial charge in [-0.05, 0) is 57.2 Å². The molecule has 25 heavy (non-hydrogen) atoms. The Kier molecular flexibility index (Phi) is 7.14. The molecule has 0 saturated carbocycles. The van der Waals surface area contributed by atoms with Crippen molar-refractivity contribution in [2.45, 2.75) is 20.8 Å². The number of carbonyl (C=O) groups is 1. The molecule has 0 radical (unpaired) electrons. The second-order valence-electron chi connectivity index (χ2n) is 5.46. The van der Waals surface area contributed by atoms with Crippen LogP contribution in [0.2, 0.25) is 0 Å². The van der Waals surface area contributed by atoms with Crippen molar-refractivity contribution >= 4 is 17.3 Å². The molecule has 1 amide bonds. The van der Waals surface area contributed by atoms with E-state index in [1.165, 1.54) is 0 Å². The standard InChI is InChI=1S/C20H26N2O3/c1-4-22(5-2)17-12-10-16(11-13-17)21-20(23)15-25-19-9-7-8-18(14-19)24-6-3/h7-14H,4-6,15H2,1-3H3,(H,21,23). The van der Waals surface area contributed by atoms with E-state index in [9.17, 15) is 4.79 Å². The van der Waals surface area contributed by atoms with Gasteiger partial charge in [-0.3, -0.25) is 4.79 Å². The number of nitrogens with one attached hydrogen (secondary N) is 1. The van der Waals surface area contributed by atoms with Gasteiger partial charge < -0.3 is 19.7 Å². The van der Waals surface area contributed by atoms with Gasteiger partial charge in [-0.15, -0.1) is 0 Å². The number of hydrogen-bond acceptors (Lipinski definition) is 4. The van der Waals surface area contributed by atoms with Crippen molar-refractivity contribution in [2.24, 2.45) is 0 Å². The normalized spacial score (nSPS) is 10.2. The van der Waals surface area contributed by atoms with Crippen molar-refractivity contribution in [3.05, 3.63) is 48.5 Å². The van der Waals surface area contributed by atoms with E-state index < -0.39 is 0 Å². The van der Waals surface area contributed by atoms with E-state index in [0.717, 1.165) is 30.2 Å². The number of nitrogens with zero attached hydrogens (tertiary/aromatic N) is 1. The Morgan fingerprint density at radius 2 is 1.60 bits per heavy atom. The van der Waals surface area contributed by atoms with Crippen LogP contribution in [0.25, 0.3) is 0 Å². The summed E-state index contributed by atoms with van der Waals surface area (Å²) in [6.07, 6.45) is 0. The lowest BCUT2D eigenvalue weighted by atomic mass is 10.2. The first-order valence-corrected chi connectivity index (χ1v) is 8.66. The fourth-order valence-corrected chi connectivity index (χ4v) is 2.51. The first kappa shape index (κ1) is 18.6. The van der Waals surface area contributed by atoms with Gasteiger partial charge in [0.15, 0.2) is 6.61 Å². The van der Waals surface area contributed by atoms with E-state index in [1.807, 2.05) is 43.3 Å². The Bertz CT molecular complexity index is 667. The topological polar surface area (TPSA) is 50.8 Å². The molecule has 2 aromatic rings. The van der Waals surface area contributed by atoms with Crippen molar-refractivity contribution in [1.82, 2.24) is 0 Å². The minimum Gasteiger partial charge on any atom is -0.494 e. The SMILES string of the molecule is CCOc1cccc(OCC(=O)Nc2ccc(N(CC)CC)cc2)c1. The molecule has 134 valence electrons. The molecule has 5 heteroatoms. The van der Waals surface area contributed by atoms with E-state index >= 15 is 0 Å². The van der Waals surface area contributed by atoms with E-state index in [0.29, 0.717) is 12.4 Å². The summed E-state index contributed by atoms with van der Waals surface area (Å²) in [5.41, 5.74) is 1.90. The first-order valence-electron chi connectivity index (χ1n) is 8.66. The number of benzene rings is 2. The fourth-order valence-electron chi connectivity index (χ4n) is 2.51. The van der Waals surface area contributed by atoms with Gasteiger partial charge in [0.05, 0.1) is 6.61 Å². The molecule has 0 bridgehead atoms. The first-order chi connectivity index (χ1) is 12.2. The summed E-state index contributed by atoms with van der Waals surface area (Å²) in [6.45, 7) is 8.62. The number of hydrogen-bond donors (Lipinski definition) is 1. The van der Waals surface area contributed by atoms with Gasteiger partial charge in [0.2, 0.25) is 0 Å². The lowest BCUT2D eigenvalue weighted by Gasteiger charge is -2.21. The van der Waals surface area contributed by atoms with Crippen LogP contribution in [0.1, 0.15) is 20.8 Å². The number of ether oxygens (including phenoxy) is 2. The molecule has 0 aliphatic heterocycles. The smallest absolute Gasteiger partial charge is 0.262 e. The minimum atomic E-state index is -0.197. The number of anilines is 2. The fraction of sp³-hybridized carbons (Fsp3) is 0.350. The summed E-state index contributed by atoms with van der Waals surface area (Å²) in [7, 11) is 0. The van der Waals surface area contributed by atoms with Crippen LogP contribution in [0.3, 0.4) is 0 Å². The molecule has 0 aromatic heterocycles. The van der Waals surface area contributed by atoms with Crippen molar-refractivity contribution in [3.63, 3.8) is 0 Å². The molecule has 0 spiro atoms. The lowest BCUT2D eigenvalue weighted by molar-refractivity contribution is -0.118. The highest BCUT2D eigenvalue weighted by atomic mass is 16.5. The maximum absolute atomic E-state index is 12.0. The molecule has 2 aromatic carbocycles. The monoisotopic (exact) mass is 342 g/mol. The van der Waals surface area contributed by atoms with Crippen LogP contribution in [0.5, 0.6) is 11.5 Å². The van der Waals surface area contributed by atoms with Crippen molar-refractivity contribution < 1.29 is 14.3 Å². The summed E-state index contributed by atoms with van der Waals surface area (Å²) in [5, 5.41) is 2.84. The Morgan fingerprint density at radius 1 is 0.960 bits per heavy atom. The molecule has 0 aliphatic carbocycles. The van der Waals surface area contributed by atoms with Gasteiger partial charge >= 0.3 is 0 Å².